The van der Waals surface area contributed by atoms with Crippen LogP contribution in [0, 0.1) is 5.92 Å². The number of carbonyl (C=O) groups is 1. The Morgan fingerprint density at radius 1 is 1.53 bits per heavy atom. The Hall–Kier alpha value is -1.00. The number of furan rings is 1. The van der Waals surface area contributed by atoms with Crippen LogP contribution in [0.1, 0.15) is 30.8 Å². The summed E-state index contributed by atoms with van der Waals surface area (Å²) in [5.41, 5.74) is 5.92. The van der Waals surface area contributed by atoms with E-state index in [0.29, 0.717) is 18.2 Å². The second kappa shape index (κ2) is 7.35. The van der Waals surface area contributed by atoms with Crippen LogP contribution in [0.15, 0.2) is 22.8 Å². The van der Waals surface area contributed by atoms with Gasteiger partial charge in [0.25, 0.3) is 5.91 Å². The molecule has 0 aliphatic rings. The van der Waals surface area contributed by atoms with E-state index in [9.17, 15) is 4.79 Å². The first-order valence-electron chi connectivity index (χ1n) is 5.57. The van der Waals surface area contributed by atoms with E-state index in [1.807, 2.05) is 0 Å². The largest absolute Gasteiger partial charge is 0.459 e. The predicted octanol–water partition coefficient (Wildman–Crippen LogP) is 2.15. The molecule has 0 fully saturated rings. The van der Waals surface area contributed by atoms with E-state index in [2.05, 4.69) is 13.8 Å². The Balaban J connectivity index is 0.00000256. The molecular formula is C12H21ClN2O2. The minimum atomic E-state index is -0.0963. The number of hydrogen-bond donors (Lipinski definition) is 1. The van der Waals surface area contributed by atoms with Crippen LogP contribution in [0.4, 0.5) is 0 Å². The lowest BCUT2D eigenvalue weighted by Crippen LogP contribution is -2.34. The predicted molar refractivity (Wildman–Crippen MR) is 70.3 cm³/mol. The Kier molecular flexibility index (Phi) is 6.92. The third kappa shape index (κ3) is 4.79. The summed E-state index contributed by atoms with van der Waals surface area (Å²) in [6, 6.07) is 3.51. The molecule has 0 bridgehead atoms. The maximum Gasteiger partial charge on any atom is 0.289 e. The maximum absolute atomic E-state index is 11.8. The summed E-state index contributed by atoms with van der Waals surface area (Å²) in [6.07, 6.45) is 2.31. The fourth-order valence-electron chi connectivity index (χ4n) is 1.37. The monoisotopic (exact) mass is 260 g/mol. The van der Waals surface area contributed by atoms with Gasteiger partial charge >= 0.3 is 0 Å². The Morgan fingerprint density at radius 3 is 2.65 bits per heavy atom. The second-order valence-electron chi connectivity index (χ2n) is 4.40. The standard InChI is InChI=1S/C12H20N2O2.ClH/c1-9(2)10(13)6-7-14(3)12(15)11-5-4-8-16-11;/h4-5,8-10H,6-7,13H2,1-3H3;1H. The lowest BCUT2D eigenvalue weighted by Gasteiger charge is -2.20. The zero-order valence-corrected chi connectivity index (χ0v) is 11.4. The van der Waals surface area contributed by atoms with E-state index >= 15 is 0 Å². The minimum absolute atomic E-state index is 0. The van der Waals surface area contributed by atoms with Crippen molar-refractivity contribution in [2.45, 2.75) is 26.3 Å². The zero-order chi connectivity index (χ0) is 12.1. The van der Waals surface area contributed by atoms with Crippen LogP contribution in [0.25, 0.3) is 0 Å². The molecule has 5 heteroatoms. The molecule has 0 saturated carbocycles. The molecule has 0 saturated heterocycles. The van der Waals surface area contributed by atoms with Gasteiger partial charge in [-0.15, -0.1) is 12.4 Å². The van der Waals surface area contributed by atoms with Gasteiger partial charge < -0.3 is 15.1 Å². The van der Waals surface area contributed by atoms with Gasteiger partial charge in [0.2, 0.25) is 0 Å². The molecule has 1 amide bonds. The Morgan fingerprint density at radius 2 is 2.18 bits per heavy atom. The summed E-state index contributed by atoms with van der Waals surface area (Å²) >= 11 is 0. The average Bonchev–Trinajstić information content (AvgIpc) is 2.77. The van der Waals surface area contributed by atoms with Gasteiger partial charge in [0.05, 0.1) is 6.26 Å². The maximum atomic E-state index is 11.8. The van der Waals surface area contributed by atoms with E-state index in [0.717, 1.165) is 6.42 Å². The van der Waals surface area contributed by atoms with E-state index < -0.39 is 0 Å². The molecule has 0 spiro atoms. The molecule has 1 aromatic heterocycles. The molecule has 0 aliphatic heterocycles. The second-order valence-corrected chi connectivity index (χ2v) is 4.40. The first-order valence-corrected chi connectivity index (χ1v) is 5.57. The van der Waals surface area contributed by atoms with Gasteiger partial charge in [0.1, 0.15) is 0 Å². The smallest absolute Gasteiger partial charge is 0.289 e. The van der Waals surface area contributed by atoms with Gasteiger partial charge in [-0.1, -0.05) is 13.8 Å². The molecule has 1 heterocycles. The van der Waals surface area contributed by atoms with Crippen molar-refractivity contribution in [2.75, 3.05) is 13.6 Å². The van der Waals surface area contributed by atoms with Crippen molar-refractivity contribution < 1.29 is 9.21 Å². The quantitative estimate of drug-likeness (QED) is 0.883. The summed E-state index contributed by atoms with van der Waals surface area (Å²) in [5, 5.41) is 0. The highest BCUT2D eigenvalue weighted by Crippen LogP contribution is 2.07. The Labute approximate surface area is 109 Å². The van der Waals surface area contributed by atoms with Crippen LogP contribution < -0.4 is 5.73 Å². The van der Waals surface area contributed by atoms with Crippen LogP contribution >= 0.6 is 12.4 Å². The highest BCUT2D eigenvalue weighted by atomic mass is 35.5. The minimum Gasteiger partial charge on any atom is -0.459 e. The van der Waals surface area contributed by atoms with Crippen LogP contribution in [-0.4, -0.2) is 30.4 Å². The SMILES string of the molecule is CC(C)C(N)CCN(C)C(=O)c1ccco1.Cl. The summed E-state index contributed by atoms with van der Waals surface area (Å²) < 4.78 is 5.05. The van der Waals surface area contributed by atoms with Crippen molar-refractivity contribution in [1.29, 1.82) is 0 Å². The summed E-state index contributed by atoms with van der Waals surface area (Å²) in [5.74, 6) is 0.716. The molecule has 17 heavy (non-hydrogen) atoms. The molecule has 2 N–H and O–H groups in total. The van der Waals surface area contributed by atoms with Gasteiger partial charge in [0.15, 0.2) is 5.76 Å². The van der Waals surface area contributed by atoms with Crippen molar-refractivity contribution in [2.24, 2.45) is 11.7 Å². The van der Waals surface area contributed by atoms with E-state index in [-0.39, 0.29) is 24.4 Å². The van der Waals surface area contributed by atoms with E-state index in [4.69, 9.17) is 10.2 Å². The molecule has 1 aromatic rings. The van der Waals surface area contributed by atoms with Crippen LogP contribution in [0.2, 0.25) is 0 Å². The summed E-state index contributed by atoms with van der Waals surface area (Å²) in [6.45, 7) is 4.82. The van der Waals surface area contributed by atoms with Gasteiger partial charge in [0, 0.05) is 19.6 Å². The highest BCUT2D eigenvalue weighted by molar-refractivity contribution is 5.91. The lowest BCUT2D eigenvalue weighted by molar-refractivity contribution is 0.0757. The summed E-state index contributed by atoms with van der Waals surface area (Å²) in [7, 11) is 1.76. The number of halogens is 1. The molecule has 0 aliphatic carbocycles. The molecule has 0 aromatic carbocycles. The van der Waals surface area contributed by atoms with Crippen LogP contribution in [0.5, 0.6) is 0 Å². The molecule has 1 rings (SSSR count). The number of nitrogens with two attached hydrogens (primary N) is 1. The topological polar surface area (TPSA) is 59.5 Å². The first kappa shape index (κ1) is 16.0. The van der Waals surface area contributed by atoms with E-state index in [1.165, 1.54) is 6.26 Å². The van der Waals surface area contributed by atoms with Gasteiger partial charge in [-0.25, -0.2) is 0 Å². The number of rotatable bonds is 5. The summed E-state index contributed by atoms with van der Waals surface area (Å²) in [4.78, 5) is 13.4. The molecule has 4 nitrogen and oxygen atoms in total. The molecular weight excluding hydrogens is 240 g/mol. The van der Waals surface area contributed by atoms with Crippen molar-refractivity contribution >= 4 is 18.3 Å². The zero-order valence-electron chi connectivity index (χ0n) is 10.6. The van der Waals surface area contributed by atoms with E-state index in [1.54, 1.807) is 24.1 Å². The molecule has 0 radical (unpaired) electrons. The van der Waals surface area contributed by atoms with Gasteiger partial charge in [-0.3, -0.25) is 4.79 Å². The van der Waals surface area contributed by atoms with Crippen molar-refractivity contribution in [3.05, 3.63) is 24.2 Å². The van der Waals surface area contributed by atoms with Crippen LogP contribution in [-0.2, 0) is 0 Å². The van der Waals surface area contributed by atoms with Crippen molar-refractivity contribution in [1.82, 2.24) is 4.90 Å². The van der Waals surface area contributed by atoms with Crippen molar-refractivity contribution in [3.8, 4) is 0 Å². The Bertz CT molecular complexity index is 325. The third-order valence-corrected chi connectivity index (χ3v) is 2.73. The number of hydrogen-bond acceptors (Lipinski definition) is 3. The number of nitrogens with zero attached hydrogens (tertiary/aromatic N) is 1. The molecule has 98 valence electrons. The third-order valence-electron chi connectivity index (χ3n) is 2.73. The van der Waals surface area contributed by atoms with Gasteiger partial charge in [-0.05, 0) is 24.5 Å². The fraction of sp³-hybridized carbons (Fsp3) is 0.583. The average molecular weight is 261 g/mol. The first-order chi connectivity index (χ1) is 7.52. The van der Waals surface area contributed by atoms with Crippen LogP contribution in [0.3, 0.4) is 0 Å². The fourth-order valence-corrected chi connectivity index (χ4v) is 1.37. The highest BCUT2D eigenvalue weighted by Gasteiger charge is 2.15. The van der Waals surface area contributed by atoms with Gasteiger partial charge in [-0.2, -0.15) is 0 Å². The van der Waals surface area contributed by atoms with Crippen molar-refractivity contribution in [3.63, 3.8) is 0 Å². The number of carbonyl (C=O) groups excluding carboxylic acids is 1. The normalized spacial score (nSPS) is 12.1. The number of amides is 1. The molecule has 1 unspecified atom stereocenters. The molecule has 1 atom stereocenters. The lowest BCUT2D eigenvalue weighted by atomic mass is 10.0.